The number of aromatic nitrogens is 4. The average Bonchev–Trinajstić information content (AvgIpc) is 3.34. The second-order valence-corrected chi connectivity index (χ2v) is 8.35. The van der Waals surface area contributed by atoms with Crippen molar-refractivity contribution in [3.05, 3.63) is 73.1 Å². The third-order valence-electron chi connectivity index (χ3n) is 4.31. The Hall–Kier alpha value is -3.30. The van der Waals surface area contributed by atoms with Crippen LogP contribution in [0.2, 0.25) is 0 Å². The molecular weight excluding hydrogens is 394 g/mol. The Balaban J connectivity index is 1.52. The predicted molar refractivity (Wildman–Crippen MR) is 109 cm³/mol. The number of anilines is 1. The van der Waals surface area contributed by atoms with Crippen molar-refractivity contribution in [1.82, 2.24) is 18.1 Å². The number of hydrogen-bond acceptors (Lipinski definition) is 6. The molecule has 2 aromatic carbocycles. The van der Waals surface area contributed by atoms with Crippen LogP contribution in [0.5, 0.6) is 0 Å². The SMILES string of the molecule is O=S(=O)(Nc1cccc(-c2cn3ccccc3n2)c1)c1cccc2nsnc12. The van der Waals surface area contributed by atoms with Crippen LogP contribution in [0.1, 0.15) is 0 Å². The van der Waals surface area contributed by atoms with Crippen molar-refractivity contribution >= 4 is 44.1 Å². The summed E-state index contributed by atoms with van der Waals surface area (Å²) in [4.78, 5) is 4.69. The van der Waals surface area contributed by atoms with E-state index in [-0.39, 0.29) is 4.90 Å². The highest BCUT2D eigenvalue weighted by atomic mass is 32.2. The van der Waals surface area contributed by atoms with Crippen LogP contribution in [-0.4, -0.2) is 26.5 Å². The summed E-state index contributed by atoms with van der Waals surface area (Å²) in [5.74, 6) is 0. The highest BCUT2D eigenvalue weighted by molar-refractivity contribution is 7.93. The third kappa shape index (κ3) is 2.90. The second-order valence-electron chi connectivity index (χ2n) is 6.17. The Kier molecular flexibility index (Phi) is 3.85. The van der Waals surface area contributed by atoms with Gasteiger partial charge in [-0.15, -0.1) is 0 Å². The quantitative estimate of drug-likeness (QED) is 0.489. The number of sulfonamides is 1. The molecule has 0 saturated heterocycles. The Labute approximate surface area is 164 Å². The van der Waals surface area contributed by atoms with E-state index in [1.807, 2.05) is 41.1 Å². The van der Waals surface area contributed by atoms with Gasteiger partial charge in [0.2, 0.25) is 0 Å². The van der Waals surface area contributed by atoms with Crippen LogP contribution < -0.4 is 4.72 Å². The molecule has 0 fully saturated rings. The molecule has 5 rings (SSSR count). The van der Waals surface area contributed by atoms with Gasteiger partial charge >= 0.3 is 0 Å². The van der Waals surface area contributed by atoms with Crippen molar-refractivity contribution in [3.8, 4) is 11.3 Å². The Morgan fingerprint density at radius 1 is 0.964 bits per heavy atom. The van der Waals surface area contributed by atoms with Gasteiger partial charge in [0.1, 0.15) is 21.6 Å². The first-order valence-corrected chi connectivity index (χ1v) is 10.6. The first-order chi connectivity index (χ1) is 13.6. The summed E-state index contributed by atoms with van der Waals surface area (Å²) in [6, 6.07) is 17.8. The fourth-order valence-corrected chi connectivity index (χ4v) is 4.84. The van der Waals surface area contributed by atoms with E-state index in [4.69, 9.17) is 0 Å². The lowest BCUT2D eigenvalue weighted by Gasteiger charge is -2.09. The van der Waals surface area contributed by atoms with E-state index in [2.05, 4.69) is 18.5 Å². The van der Waals surface area contributed by atoms with E-state index in [0.29, 0.717) is 16.7 Å². The number of rotatable bonds is 4. The number of nitrogens with one attached hydrogen (secondary N) is 1. The van der Waals surface area contributed by atoms with Crippen molar-refractivity contribution < 1.29 is 8.42 Å². The van der Waals surface area contributed by atoms with Crippen LogP contribution in [-0.2, 0) is 10.0 Å². The first kappa shape index (κ1) is 16.8. The van der Waals surface area contributed by atoms with Gasteiger partial charge in [-0.05, 0) is 36.4 Å². The van der Waals surface area contributed by atoms with E-state index >= 15 is 0 Å². The summed E-state index contributed by atoms with van der Waals surface area (Å²) >= 11 is 0.988. The van der Waals surface area contributed by atoms with Crippen LogP contribution in [0, 0.1) is 0 Å². The Morgan fingerprint density at radius 3 is 2.75 bits per heavy atom. The first-order valence-electron chi connectivity index (χ1n) is 8.38. The lowest BCUT2D eigenvalue weighted by atomic mass is 10.1. The molecule has 0 bridgehead atoms. The van der Waals surface area contributed by atoms with Gasteiger partial charge in [-0.3, -0.25) is 4.72 Å². The van der Waals surface area contributed by atoms with Crippen LogP contribution in [0.4, 0.5) is 5.69 Å². The molecule has 0 radical (unpaired) electrons. The number of imidazole rings is 1. The Morgan fingerprint density at radius 2 is 1.86 bits per heavy atom. The molecule has 0 spiro atoms. The fraction of sp³-hybridized carbons (Fsp3) is 0. The predicted octanol–water partition coefficient (Wildman–Crippen LogP) is 3.81. The minimum absolute atomic E-state index is 0.108. The molecule has 138 valence electrons. The highest BCUT2D eigenvalue weighted by Crippen LogP contribution is 2.26. The van der Waals surface area contributed by atoms with Crippen molar-refractivity contribution in [2.24, 2.45) is 0 Å². The van der Waals surface area contributed by atoms with Gasteiger partial charge in [0.25, 0.3) is 10.0 Å². The van der Waals surface area contributed by atoms with E-state index < -0.39 is 10.0 Å². The van der Waals surface area contributed by atoms with E-state index in [1.165, 1.54) is 6.07 Å². The lowest BCUT2D eigenvalue weighted by Crippen LogP contribution is -2.13. The molecule has 9 heteroatoms. The van der Waals surface area contributed by atoms with Crippen molar-refractivity contribution in [1.29, 1.82) is 0 Å². The molecule has 0 aliphatic rings. The summed E-state index contributed by atoms with van der Waals surface area (Å²) in [6.07, 6.45) is 3.82. The summed E-state index contributed by atoms with van der Waals surface area (Å²) in [5.41, 5.74) is 3.79. The van der Waals surface area contributed by atoms with Crippen LogP contribution >= 0.6 is 11.7 Å². The summed E-state index contributed by atoms with van der Waals surface area (Å²) in [5, 5.41) is 0. The monoisotopic (exact) mass is 407 g/mol. The number of fused-ring (bicyclic) bond motifs is 2. The van der Waals surface area contributed by atoms with Crippen LogP contribution in [0.15, 0.2) is 78.0 Å². The van der Waals surface area contributed by atoms with Crippen LogP contribution in [0.25, 0.3) is 27.9 Å². The largest absolute Gasteiger partial charge is 0.306 e. The zero-order valence-electron chi connectivity index (χ0n) is 14.4. The summed E-state index contributed by atoms with van der Waals surface area (Å²) in [6.45, 7) is 0. The van der Waals surface area contributed by atoms with Crippen LogP contribution in [0.3, 0.4) is 0 Å². The summed E-state index contributed by atoms with van der Waals surface area (Å²) < 4.78 is 38.6. The van der Waals surface area contributed by atoms with E-state index in [0.717, 1.165) is 28.6 Å². The molecule has 0 amide bonds. The minimum Gasteiger partial charge on any atom is -0.306 e. The van der Waals surface area contributed by atoms with Gasteiger partial charge in [0, 0.05) is 23.6 Å². The van der Waals surface area contributed by atoms with Crippen molar-refractivity contribution in [2.45, 2.75) is 4.90 Å². The molecule has 3 heterocycles. The van der Waals surface area contributed by atoms with Crippen molar-refractivity contribution in [3.63, 3.8) is 0 Å². The molecule has 0 aliphatic heterocycles. The third-order valence-corrected chi connectivity index (χ3v) is 6.27. The van der Waals surface area contributed by atoms with Gasteiger partial charge in [-0.2, -0.15) is 8.75 Å². The molecule has 0 atom stereocenters. The van der Waals surface area contributed by atoms with Gasteiger partial charge in [-0.1, -0.05) is 24.3 Å². The van der Waals surface area contributed by atoms with E-state index in [1.54, 1.807) is 30.3 Å². The molecule has 28 heavy (non-hydrogen) atoms. The molecule has 1 N–H and O–H groups in total. The zero-order valence-corrected chi connectivity index (χ0v) is 16.0. The van der Waals surface area contributed by atoms with Gasteiger partial charge < -0.3 is 4.40 Å². The van der Waals surface area contributed by atoms with Gasteiger partial charge in [0.05, 0.1) is 17.4 Å². The smallest absolute Gasteiger partial charge is 0.264 e. The normalized spacial score (nSPS) is 11.9. The molecule has 0 unspecified atom stereocenters. The zero-order chi connectivity index (χ0) is 19.1. The van der Waals surface area contributed by atoms with Gasteiger partial charge in [0.15, 0.2) is 0 Å². The molecule has 0 saturated carbocycles. The summed E-state index contributed by atoms with van der Waals surface area (Å²) in [7, 11) is -3.80. The second kappa shape index (κ2) is 6.39. The number of nitrogens with zero attached hydrogens (tertiary/aromatic N) is 4. The molecule has 7 nitrogen and oxygen atoms in total. The van der Waals surface area contributed by atoms with E-state index in [9.17, 15) is 8.42 Å². The fourth-order valence-electron chi connectivity index (χ4n) is 3.02. The minimum atomic E-state index is -3.80. The average molecular weight is 407 g/mol. The maximum atomic E-state index is 12.9. The Bertz CT molecular complexity index is 1390. The number of hydrogen-bond donors (Lipinski definition) is 1. The lowest BCUT2D eigenvalue weighted by molar-refractivity contribution is 0.602. The molecule has 0 aliphatic carbocycles. The molecule has 5 aromatic rings. The molecule has 3 aromatic heterocycles. The standard InChI is InChI=1S/C19H13N5O2S2/c25-28(26,17-8-4-7-15-19(17)22-27-21-15)23-14-6-3-5-13(11-14)16-12-24-10-2-1-9-18(24)20-16/h1-12,23H. The number of pyridine rings is 1. The highest BCUT2D eigenvalue weighted by Gasteiger charge is 2.20. The topological polar surface area (TPSA) is 89.2 Å². The maximum absolute atomic E-state index is 12.9. The van der Waals surface area contributed by atoms with Gasteiger partial charge in [-0.25, -0.2) is 13.4 Å². The molecular formula is C19H13N5O2S2. The number of benzene rings is 2. The maximum Gasteiger partial charge on any atom is 0.264 e. The van der Waals surface area contributed by atoms with Crippen molar-refractivity contribution in [2.75, 3.05) is 4.72 Å².